The van der Waals surface area contributed by atoms with Gasteiger partial charge in [-0.25, -0.2) is 0 Å². The van der Waals surface area contributed by atoms with Gasteiger partial charge in [-0.3, -0.25) is 0 Å². The second-order valence-electron chi connectivity index (χ2n) is 3.30. The Morgan fingerprint density at radius 2 is 1.80 bits per heavy atom. The quantitative estimate of drug-likeness (QED) is 0.688. The van der Waals surface area contributed by atoms with Crippen LogP contribution in [0.15, 0.2) is 48.7 Å². The summed E-state index contributed by atoms with van der Waals surface area (Å²) in [5.74, 6) is 0. The lowest BCUT2D eigenvalue weighted by atomic mass is 10.1. The Bertz CT molecular complexity index is 456. The fourth-order valence-electron chi connectivity index (χ4n) is 1.45. The molecule has 0 unspecified atom stereocenters. The van der Waals surface area contributed by atoms with Crippen LogP contribution in [-0.2, 0) is 6.42 Å². The highest BCUT2D eigenvalue weighted by Crippen LogP contribution is 2.15. The maximum atomic E-state index is 13.1. The molecule has 0 atom stereocenters. The van der Waals surface area contributed by atoms with Gasteiger partial charge in [-0.2, -0.15) is 0 Å². The first-order valence-electron chi connectivity index (χ1n) is 4.66. The lowest BCUT2D eigenvalue weighted by molar-refractivity contribution is -0.842. The van der Waals surface area contributed by atoms with E-state index in [1.807, 2.05) is 36.4 Å². The number of halogens is 2. The Labute approximate surface area is 92.7 Å². The van der Waals surface area contributed by atoms with Gasteiger partial charge < -0.3 is 0 Å². The van der Waals surface area contributed by atoms with Crippen LogP contribution in [0.4, 0.5) is 4.48 Å². The molecule has 3 heteroatoms. The van der Waals surface area contributed by atoms with Crippen LogP contribution in [-0.4, -0.2) is 0 Å². The Hall–Kier alpha value is -1.41. The Morgan fingerprint density at radius 1 is 1.07 bits per heavy atom. The number of hydrogen-bond acceptors (Lipinski definition) is 0. The first-order chi connectivity index (χ1) is 7.27. The van der Waals surface area contributed by atoms with Crippen molar-refractivity contribution in [3.63, 3.8) is 0 Å². The molecule has 0 aliphatic carbocycles. The predicted molar refractivity (Wildman–Crippen MR) is 57.4 cm³/mol. The van der Waals surface area contributed by atoms with Crippen LogP contribution < -0.4 is 4.79 Å². The van der Waals surface area contributed by atoms with Crippen LogP contribution in [0.25, 0.3) is 0 Å². The monoisotopic (exact) mass is 222 g/mol. The van der Waals surface area contributed by atoms with E-state index in [-0.39, 0.29) is 5.15 Å². The van der Waals surface area contributed by atoms with Crippen molar-refractivity contribution in [2.75, 3.05) is 0 Å². The molecule has 76 valence electrons. The lowest BCUT2D eigenvalue weighted by Crippen LogP contribution is -2.24. The third-order valence-corrected chi connectivity index (χ3v) is 2.61. The molecule has 0 spiro atoms. The van der Waals surface area contributed by atoms with Crippen molar-refractivity contribution in [1.82, 2.24) is 0 Å². The summed E-state index contributed by atoms with van der Waals surface area (Å²) in [7, 11) is 0. The second kappa shape index (κ2) is 4.41. The molecule has 0 amide bonds. The Morgan fingerprint density at radius 3 is 2.53 bits per heavy atom. The number of nitrogens with zero attached hydrogens (tertiary/aromatic N) is 1. The highest BCUT2D eigenvalue weighted by atomic mass is 35.5. The Balaban J connectivity index is 2.29. The SMILES string of the molecule is F[n+]1cccc(Cc2ccccc2)c1Cl. The van der Waals surface area contributed by atoms with Crippen molar-refractivity contribution >= 4 is 11.6 Å². The van der Waals surface area contributed by atoms with E-state index in [9.17, 15) is 4.48 Å². The zero-order chi connectivity index (χ0) is 10.7. The highest BCUT2D eigenvalue weighted by molar-refractivity contribution is 6.29. The topological polar surface area (TPSA) is 3.88 Å². The van der Waals surface area contributed by atoms with Crippen molar-refractivity contribution in [2.24, 2.45) is 0 Å². The van der Waals surface area contributed by atoms with E-state index < -0.39 is 0 Å². The zero-order valence-electron chi connectivity index (χ0n) is 8.03. The van der Waals surface area contributed by atoms with Crippen molar-refractivity contribution in [2.45, 2.75) is 6.42 Å². The number of rotatable bonds is 2. The summed E-state index contributed by atoms with van der Waals surface area (Å²) in [5, 5.41) is 0.140. The van der Waals surface area contributed by atoms with Crippen LogP contribution in [0.1, 0.15) is 11.1 Å². The van der Waals surface area contributed by atoms with Crippen LogP contribution >= 0.6 is 11.6 Å². The smallest absolute Gasteiger partial charge is 0.0622 e. The zero-order valence-corrected chi connectivity index (χ0v) is 8.78. The van der Waals surface area contributed by atoms with Gasteiger partial charge in [0.25, 0.3) is 0 Å². The minimum absolute atomic E-state index is 0.140. The van der Waals surface area contributed by atoms with Crippen LogP contribution in [0.3, 0.4) is 0 Å². The minimum atomic E-state index is 0.140. The van der Waals surface area contributed by atoms with Gasteiger partial charge in [0.2, 0.25) is 6.20 Å². The molecule has 0 aliphatic rings. The largest absolute Gasteiger partial charge is 0.325 e. The van der Waals surface area contributed by atoms with Gasteiger partial charge in [-0.15, -0.1) is 0 Å². The van der Waals surface area contributed by atoms with E-state index in [0.717, 1.165) is 11.1 Å². The molecule has 0 radical (unpaired) electrons. The number of pyridine rings is 1. The number of aromatic nitrogens is 1. The van der Waals surface area contributed by atoms with Crippen molar-refractivity contribution in [3.05, 3.63) is 64.9 Å². The average molecular weight is 223 g/mol. The molecule has 1 aromatic carbocycles. The maximum Gasteiger partial charge on any atom is 0.325 e. The van der Waals surface area contributed by atoms with E-state index in [1.54, 1.807) is 6.07 Å². The van der Waals surface area contributed by atoms with Gasteiger partial charge in [-0.1, -0.05) is 30.3 Å². The molecule has 0 aliphatic heterocycles. The summed E-state index contributed by atoms with van der Waals surface area (Å²) in [6, 6.07) is 13.3. The van der Waals surface area contributed by atoms with E-state index in [2.05, 4.69) is 0 Å². The first-order valence-corrected chi connectivity index (χ1v) is 5.04. The third kappa shape index (κ3) is 2.34. The number of benzene rings is 1. The van der Waals surface area contributed by atoms with Gasteiger partial charge in [0, 0.05) is 22.8 Å². The van der Waals surface area contributed by atoms with Crippen LogP contribution in [0.5, 0.6) is 0 Å². The minimum Gasteiger partial charge on any atom is -0.0622 e. The molecule has 0 N–H and O–H groups in total. The summed E-state index contributed by atoms with van der Waals surface area (Å²) in [4.78, 5) is 0.430. The van der Waals surface area contributed by atoms with Crippen molar-refractivity contribution in [1.29, 1.82) is 0 Å². The molecule has 0 saturated heterocycles. The summed E-state index contributed by atoms with van der Waals surface area (Å²) in [6.45, 7) is 0. The second-order valence-corrected chi connectivity index (χ2v) is 3.66. The summed E-state index contributed by atoms with van der Waals surface area (Å²) < 4.78 is 13.1. The fraction of sp³-hybridized carbons (Fsp3) is 0.0833. The number of hydrogen-bond donors (Lipinski definition) is 0. The molecule has 2 aromatic rings. The standard InChI is InChI=1S/C12H10ClFN/c13-12-11(7-4-8-15(12)14)9-10-5-2-1-3-6-10/h1-8H,9H2/q+1. The van der Waals surface area contributed by atoms with Gasteiger partial charge in [0.1, 0.15) is 0 Å². The maximum absolute atomic E-state index is 13.1. The molecule has 0 saturated carbocycles. The van der Waals surface area contributed by atoms with E-state index in [1.165, 1.54) is 6.20 Å². The third-order valence-electron chi connectivity index (χ3n) is 2.20. The normalized spacial score (nSPS) is 10.3. The molecule has 1 heterocycles. The molecular formula is C12H10ClFN+. The van der Waals surface area contributed by atoms with Crippen LogP contribution in [0, 0.1) is 0 Å². The van der Waals surface area contributed by atoms with Crippen LogP contribution in [0.2, 0.25) is 5.15 Å². The summed E-state index contributed by atoms with van der Waals surface area (Å²) in [6.07, 6.45) is 1.93. The van der Waals surface area contributed by atoms with E-state index in [4.69, 9.17) is 11.6 Å². The van der Waals surface area contributed by atoms with Gasteiger partial charge in [0.05, 0.1) is 4.48 Å². The highest BCUT2D eigenvalue weighted by Gasteiger charge is 2.13. The molecule has 1 aromatic heterocycles. The van der Waals surface area contributed by atoms with E-state index in [0.29, 0.717) is 11.2 Å². The van der Waals surface area contributed by atoms with Gasteiger partial charge in [0.15, 0.2) is 0 Å². The molecular weight excluding hydrogens is 213 g/mol. The summed E-state index contributed by atoms with van der Waals surface area (Å²) in [5.41, 5.74) is 1.90. The summed E-state index contributed by atoms with van der Waals surface area (Å²) >= 11 is 5.83. The van der Waals surface area contributed by atoms with Gasteiger partial charge >= 0.3 is 5.15 Å². The average Bonchev–Trinajstić information content (AvgIpc) is 2.26. The Kier molecular flexibility index (Phi) is 2.97. The first kappa shape index (κ1) is 10.1. The molecule has 2 rings (SSSR count). The van der Waals surface area contributed by atoms with E-state index >= 15 is 0 Å². The molecule has 15 heavy (non-hydrogen) atoms. The van der Waals surface area contributed by atoms with Gasteiger partial charge in [-0.05, 0) is 23.2 Å². The van der Waals surface area contributed by atoms with Crippen molar-refractivity contribution < 1.29 is 9.27 Å². The molecule has 0 fully saturated rings. The predicted octanol–water partition coefficient (Wildman–Crippen LogP) is 2.95. The lowest BCUT2D eigenvalue weighted by Gasteiger charge is -1.99. The van der Waals surface area contributed by atoms with Crippen molar-refractivity contribution in [3.8, 4) is 0 Å². The molecule has 1 nitrogen and oxygen atoms in total. The molecule has 0 bridgehead atoms. The fourth-order valence-corrected chi connectivity index (χ4v) is 1.64.